The molecule has 0 spiro atoms. The van der Waals surface area contributed by atoms with Crippen LogP contribution in [-0.2, 0) is 11.3 Å². The second-order valence-electron chi connectivity index (χ2n) is 7.51. The van der Waals surface area contributed by atoms with Gasteiger partial charge in [0.1, 0.15) is 18.1 Å². The minimum absolute atomic E-state index is 0.223. The number of carbonyl (C=O) groups is 1. The summed E-state index contributed by atoms with van der Waals surface area (Å²) in [6.07, 6.45) is 5.17. The van der Waals surface area contributed by atoms with Gasteiger partial charge in [-0.2, -0.15) is 0 Å². The maximum Gasteiger partial charge on any atom is 0.410 e. The third kappa shape index (κ3) is 4.98. The molecule has 3 heterocycles. The van der Waals surface area contributed by atoms with Crippen molar-refractivity contribution in [3.05, 3.63) is 54.4 Å². The number of nitrogens with zero attached hydrogens (tertiary/aromatic N) is 3. The molecule has 1 aromatic carbocycles. The Balaban J connectivity index is 1.23. The molecule has 7 nitrogen and oxygen atoms in total. The summed E-state index contributed by atoms with van der Waals surface area (Å²) in [5, 5.41) is 0. The van der Waals surface area contributed by atoms with Gasteiger partial charge in [-0.15, -0.1) is 0 Å². The molecule has 1 amide bonds. The van der Waals surface area contributed by atoms with Crippen LogP contribution in [0.15, 0.2) is 48.8 Å². The van der Waals surface area contributed by atoms with Gasteiger partial charge in [0.25, 0.3) is 0 Å². The van der Waals surface area contributed by atoms with Gasteiger partial charge in [-0.1, -0.05) is 6.07 Å². The molecule has 0 saturated carbocycles. The maximum atomic E-state index is 12.4. The molecule has 2 aromatic rings. The zero-order chi connectivity index (χ0) is 20.1. The number of rotatable bonds is 7. The van der Waals surface area contributed by atoms with Crippen LogP contribution in [-0.4, -0.2) is 66.4 Å². The summed E-state index contributed by atoms with van der Waals surface area (Å²) in [7, 11) is 1.63. The smallest absolute Gasteiger partial charge is 0.410 e. The van der Waals surface area contributed by atoms with E-state index < -0.39 is 0 Å². The zero-order valence-electron chi connectivity index (χ0n) is 16.7. The minimum atomic E-state index is -0.238. The SMILES string of the molecule is COc1ccc(OCC2CN(C3CCN(Cc4cccnc4)CC3)C(=O)O2)cc1. The lowest BCUT2D eigenvalue weighted by atomic mass is 10.0. The zero-order valence-corrected chi connectivity index (χ0v) is 16.7. The summed E-state index contributed by atoms with van der Waals surface area (Å²) in [6, 6.07) is 11.7. The molecule has 1 unspecified atom stereocenters. The summed E-state index contributed by atoms with van der Waals surface area (Å²) < 4.78 is 16.5. The lowest BCUT2D eigenvalue weighted by Gasteiger charge is -2.35. The second-order valence-corrected chi connectivity index (χ2v) is 7.51. The molecule has 29 heavy (non-hydrogen) atoms. The lowest BCUT2D eigenvalue weighted by molar-refractivity contribution is 0.0971. The number of aromatic nitrogens is 1. The van der Waals surface area contributed by atoms with Gasteiger partial charge in [-0.25, -0.2) is 4.79 Å². The van der Waals surface area contributed by atoms with Gasteiger partial charge in [0, 0.05) is 38.1 Å². The molecule has 4 rings (SSSR count). The highest BCUT2D eigenvalue weighted by Crippen LogP contribution is 2.24. The number of methoxy groups -OCH3 is 1. The molecule has 0 radical (unpaired) electrons. The molecule has 0 N–H and O–H groups in total. The second kappa shape index (κ2) is 9.13. The van der Waals surface area contributed by atoms with Crippen molar-refractivity contribution >= 4 is 6.09 Å². The van der Waals surface area contributed by atoms with Crippen LogP contribution in [0.3, 0.4) is 0 Å². The number of likely N-dealkylation sites (tertiary alicyclic amines) is 1. The Labute approximate surface area is 171 Å². The van der Waals surface area contributed by atoms with Crippen LogP contribution in [0.5, 0.6) is 11.5 Å². The van der Waals surface area contributed by atoms with Crippen LogP contribution in [0.25, 0.3) is 0 Å². The highest BCUT2D eigenvalue weighted by Gasteiger charge is 2.37. The van der Waals surface area contributed by atoms with Crippen molar-refractivity contribution in [1.82, 2.24) is 14.8 Å². The first-order valence-corrected chi connectivity index (χ1v) is 10.1. The fourth-order valence-corrected chi connectivity index (χ4v) is 3.93. The van der Waals surface area contributed by atoms with Crippen molar-refractivity contribution in [2.45, 2.75) is 31.5 Å². The lowest BCUT2D eigenvalue weighted by Crippen LogP contribution is -2.45. The van der Waals surface area contributed by atoms with Crippen LogP contribution in [0.2, 0.25) is 0 Å². The molecule has 0 aliphatic carbocycles. The normalized spacial score (nSPS) is 20.5. The molecule has 7 heteroatoms. The van der Waals surface area contributed by atoms with E-state index in [0.717, 1.165) is 44.0 Å². The number of hydrogen-bond donors (Lipinski definition) is 0. The Morgan fingerprint density at radius 2 is 1.90 bits per heavy atom. The Bertz CT molecular complexity index is 791. The molecular weight excluding hydrogens is 370 g/mol. The number of benzene rings is 1. The van der Waals surface area contributed by atoms with E-state index in [2.05, 4.69) is 16.0 Å². The third-order valence-corrected chi connectivity index (χ3v) is 5.52. The number of amides is 1. The van der Waals surface area contributed by atoms with Crippen LogP contribution < -0.4 is 9.47 Å². The van der Waals surface area contributed by atoms with E-state index in [-0.39, 0.29) is 18.2 Å². The monoisotopic (exact) mass is 397 g/mol. The van der Waals surface area contributed by atoms with Gasteiger partial charge in [-0.3, -0.25) is 9.88 Å². The van der Waals surface area contributed by atoms with Crippen LogP contribution in [0.1, 0.15) is 18.4 Å². The van der Waals surface area contributed by atoms with Crippen molar-refractivity contribution in [3.8, 4) is 11.5 Å². The summed E-state index contributed by atoms with van der Waals surface area (Å²) in [5.74, 6) is 1.52. The minimum Gasteiger partial charge on any atom is -0.497 e. The van der Waals surface area contributed by atoms with E-state index >= 15 is 0 Å². The molecule has 2 fully saturated rings. The molecule has 154 valence electrons. The number of ether oxygens (including phenoxy) is 3. The summed E-state index contributed by atoms with van der Waals surface area (Å²) in [4.78, 5) is 20.8. The Hall–Kier alpha value is -2.80. The van der Waals surface area contributed by atoms with Crippen LogP contribution >= 0.6 is 0 Å². The van der Waals surface area contributed by atoms with Crippen molar-refractivity contribution in [2.24, 2.45) is 0 Å². The van der Waals surface area contributed by atoms with E-state index in [9.17, 15) is 4.79 Å². The van der Waals surface area contributed by atoms with E-state index in [1.165, 1.54) is 5.56 Å². The van der Waals surface area contributed by atoms with E-state index in [1.54, 1.807) is 13.3 Å². The van der Waals surface area contributed by atoms with E-state index in [0.29, 0.717) is 13.2 Å². The highest BCUT2D eigenvalue weighted by atomic mass is 16.6. The molecule has 1 atom stereocenters. The standard InChI is InChI=1S/C22H27N3O4/c1-27-19-4-6-20(7-5-19)28-16-21-15-25(22(26)29-21)18-8-11-24(12-9-18)14-17-3-2-10-23-13-17/h2-7,10,13,18,21H,8-9,11-12,14-16H2,1H3. The van der Waals surface area contributed by atoms with Gasteiger partial charge in [0.15, 0.2) is 6.10 Å². The molecule has 1 aromatic heterocycles. The number of carbonyl (C=O) groups excluding carboxylic acids is 1. The van der Waals surface area contributed by atoms with Gasteiger partial charge >= 0.3 is 6.09 Å². The topological polar surface area (TPSA) is 64.1 Å². The first-order valence-electron chi connectivity index (χ1n) is 10.1. The van der Waals surface area contributed by atoms with Gasteiger partial charge in [0.2, 0.25) is 0 Å². The van der Waals surface area contributed by atoms with Crippen molar-refractivity contribution < 1.29 is 19.0 Å². The van der Waals surface area contributed by atoms with Crippen molar-refractivity contribution in [2.75, 3.05) is 33.4 Å². The van der Waals surface area contributed by atoms with E-state index in [1.807, 2.05) is 41.4 Å². The third-order valence-electron chi connectivity index (χ3n) is 5.52. The van der Waals surface area contributed by atoms with Gasteiger partial charge < -0.3 is 19.1 Å². The van der Waals surface area contributed by atoms with E-state index in [4.69, 9.17) is 14.2 Å². The van der Waals surface area contributed by atoms with Crippen LogP contribution in [0, 0.1) is 0 Å². The van der Waals surface area contributed by atoms with Crippen molar-refractivity contribution in [1.29, 1.82) is 0 Å². The summed E-state index contributed by atoms with van der Waals surface area (Å²) >= 11 is 0. The molecular formula is C22H27N3O4. The molecule has 2 aliphatic heterocycles. The quantitative estimate of drug-likeness (QED) is 0.716. The van der Waals surface area contributed by atoms with Crippen molar-refractivity contribution in [3.63, 3.8) is 0 Å². The number of cyclic esters (lactones) is 1. The predicted octanol–water partition coefficient (Wildman–Crippen LogP) is 2.95. The Morgan fingerprint density at radius 3 is 2.59 bits per heavy atom. The summed E-state index contributed by atoms with van der Waals surface area (Å²) in [6.45, 7) is 3.78. The highest BCUT2D eigenvalue weighted by molar-refractivity contribution is 5.70. The fourth-order valence-electron chi connectivity index (χ4n) is 3.93. The number of hydrogen-bond acceptors (Lipinski definition) is 6. The van der Waals surface area contributed by atoms with Gasteiger partial charge in [0.05, 0.1) is 13.7 Å². The first-order chi connectivity index (χ1) is 14.2. The summed E-state index contributed by atoms with van der Waals surface area (Å²) in [5.41, 5.74) is 1.22. The molecule has 0 bridgehead atoms. The average molecular weight is 397 g/mol. The van der Waals surface area contributed by atoms with Gasteiger partial charge in [-0.05, 0) is 48.7 Å². The average Bonchev–Trinajstić information content (AvgIpc) is 3.14. The number of piperidine rings is 1. The predicted molar refractivity (Wildman–Crippen MR) is 108 cm³/mol. The molecule has 2 aliphatic rings. The maximum absolute atomic E-state index is 12.4. The molecule has 2 saturated heterocycles. The Kier molecular flexibility index (Phi) is 6.14. The number of pyridine rings is 1. The first kappa shape index (κ1) is 19.5. The fraction of sp³-hybridized carbons (Fsp3) is 0.455. The Morgan fingerprint density at radius 1 is 1.14 bits per heavy atom. The largest absolute Gasteiger partial charge is 0.497 e. The van der Waals surface area contributed by atoms with Crippen LogP contribution in [0.4, 0.5) is 4.79 Å².